The van der Waals surface area contributed by atoms with Crippen LogP contribution in [0.2, 0.25) is 0 Å². The van der Waals surface area contributed by atoms with Crippen LogP contribution in [-0.2, 0) is 9.53 Å². The lowest BCUT2D eigenvalue weighted by Crippen LogP contribution is -2.12. The lowest BCUT2D eigenvalue weighted by Gasteiger charge is -2.11. The lowest BCUT2D eigenvalue weighted by atomic mass is 10.2. The first kappa shape index (κ1) is 16.1. The molecule has 0 bridgehead atoms. The maximum absolute atomic E-state index is 13.6. The Morgan fingerprint density at radius 3 is 2.40 bits per heavy atom. The van der Waals surface area contributed by atoms with Crippen molar-refractivity contribution in [3.63, 3.8) is 0 Å². The molecule has 0 amide bonds. The van der Waals surface area contributed by atoms with Gasteiger partial charge in [-0.2, -0.15) is 0 Å². The van der Waals surface area contributed by atoms with Crippen LogP contribution < -0.4 is 4.74 Å². The predicted octanol–water partition coefficient (Wildman–Crippen LogP) is 2.87. The van der Waals surface area contributed by atoms with Gasteiger partial charge in [-0.15, -0.1) is 0 Å². The van der Waals surface area contributed by atoms with Gasteiger partial charge in [-0.3, -0.25) is 0 Å². The summed E-state index contributed by atoms with van der Waals surface area (Å²) in [6, 6.07) is 2.00. The van der Waals surface area contributed by atoms with Crippen LogP contribution in [0.25, 0.3) is 6.08 Å². The first-order valence-corrected chi connectivity index (χ1v) is 6.04. The van der Waals surface area contributed by atoms with E-state index in [1.54, 1.807) is 0 Å². The summed E-state index contributed by atoms with van der Waals surface area (Å²) in [5.41, 5.74) is 0.105. The van der Waals surface area contributed by atoms with E-state index in [2.05, 4.69) is 0 Å². The van der Waals surface area contributed by atoms with Crippen LogP contribution in [-0.4, -0.2) is 30.4 Å². The highest BCUT2D eigenvalue weighted by molar-refractivity contribution is 5.85. The summed E-state index contributed by atoms with van der Waals surface area (Å²) >= 11 is 0. The number of benzene rings is 1. The molecule has 0 saturated heterocycles. The molecule has 0 unspecified atom stereocenters. The standard InChI is InChI=1S/C14H16F2O4/c1-9(2)19-5-6-20-14-11(15)7-10(8-12(14)16)3-4-13(17)18/h3-4,7-9H,5-6H2,1-2H3,(H,17,18). The molecule has 20 heavy (non-hydrogen) atoms. The minimum atomic E-state index is -1.20. The smallest absolute Gasteiger partial charge is 0.328 e. The van der Waals surface area contributed by atoms with E-state index in [4.69, 9.17) is 14.6 Å². The third kappa shape index (κ3) is 5.36. The first-order chi connectivity index (χ1) is 9.40. The van der Waals surface area contributed by atoms with Gasteiger partial charge in [-0.1, -0.05) is 0 Å². The van der Waals surface area contributed by atoms with Gasteiger partial charge in [0.05, 0.1) is 12.7 Å². The van der Waals surface area contributed by atoms with Crippen molar-refractivity contribution in [3.05, 3.63) is 35.4 Å². The zero-order chi connectivity index (χ0) is 15.1. The molecule has 1 aromatic rings. The summed E-state index contributed by atoms with van der Waals surface area (Å²) in [6.07, 6.45) is 1.91. The number of rotatable bonds is 7. The Labute approximate surface area is 115 Å². The Morgan fingerprint density at radius 2 is 1.90 bits per heavy atom. The SMILES string of the molecule is CC(C)OCCOc1c(F)cc(C=CC(=O)O)cc1F. The molecule has 0 atom stereocenters. The Kier molecular flexibility index (Phi) is 6.11. The molecular formula is C14H16F2O4. The van der Waals surface area contributed by atoms with Gasteiger partial charge < -0.3 is 14.6 Å². The number of carboxylic acids is 1. The van der Waals surface area contributed by atoms with Crippen molar-refractivity contribution < 1.29 is 28.2 Å². The van der Waals surface area contributed by atoms with Crippen molar-refractivity contribution >= 4 is 12.0 Å². The minimum absolute atomic E-state index is 0.0109. The van der Waals surface area contributed by atoms with Crippen LogP contribution in [0.4, 0.5) is 8.78 Å². The Hall–Kier alpha value is -1.95. The summed E-state index contributed by atoms with van der Waals surface area (Å²) in [7, 11) is 0. The number of aliphatic carboxylic acids is 1. The maximum Gasteiger partial charge on any atom is 0.328 e. The third-order valence-corrected chi connectivity index (χ3v) is 2.22. The molecule has 6 heteroatoms. The zero-order valence-corrected chi connectivity index (χ0v) is 11.2. The van der Waals surface area contributed by atoms with Crippen LogP contribution in [0, 0.1) is 11.6 Å². The van der Waals surface area contributed by atoms with Gasteiger partial charge in [-0.05, 0) is 37.6 Å². The van der Waals surface area contributed by atoms with Gasteiger partial charge in [-0.25, -0.2) is 13.6 Å². The van der Waals surface area contributed by atoms with E-state index in [0.717, 1.165) is 24.3 Å². The summed E-state index contributed by atoms with van der Waals surface area (Å²) in [5, 5.41) is 8.44. The van der Waals surface area contributed by atoms with Gasteiger partial charge in [0.25, 0.3) is 0 Å². The van der Waals surface area contributed by atoms with Crippen molar-refractivity contribution in [1.29, 1.82) is 0 Å². The largest absolute Gasteiger partial charge is 0.485 e. The van der Waals surface area contributed by atoms with Crippen molar-refractivity contribution in [2.75, 3.05) is 13.2 Å². The molecule has 1 rings (SSSR count). The number of carboxylic acid groups (broad SMARTS) is 1. The highest BCUT2D eigenvalue weighted by Gasteiger charge is 2.12. The van der Waals surface area contributed by atoms with E-state index in [1.807, 2.05) is 13.8 Å². The number of hydrogen-bond acceptors (Lipinski definition) is 3. The first-order valence-electron chi connectivity index (χ1n) is 6.04. The van der Waals surface area contributed by atoms with Crippen molar-refractivity contribution in [3.8, 4) is 5.75 Å². The Morgan fingerprint density at radius 1 is 1.30 bits per heavy atom. The lowest BCUT2D eigenvalue weighted by molar-refractivity contribution is -0.131. The summed E-state index contributed by atoms with van der Waals surface area (Å²) in [4.78, 5) is 10.3. The van der Waals surface area contributed by atoms with E-state index in [0.29, 0.717) is 0 Å². The second kappa shape index (κ2) is 7.59. The molecule has 0 aliphatic carbocycles. The van der Waals surface area contributed by atoms with Crippen LogP contribution in [0.5, 0.6) is 5.75 Å². The normalized spacial score (nSPS) is 11.2. The fourth-order valence-corrected chi connectivity index (χ4v) is 1.41. The molecular weight excluding hydrogens is 270 g/mol. The van der Waals surface area contributed by atoms with E-state index in [-0.39, 0.29) is 24.9 Å². The summed E-state index contributed by atoms with van der Waals surface area (Å²) < 4.78 is 37.4. The van der Waals surface area contributed by atoms with Crippen LogP contribution in [0.1, 0.15) is 19.4 Å². The fourth-order valence-electron chi connectivity index (χ4n) is 1.41. The minimum Gasteiger partial charge on any atom is -0.485 e. The summed E-state index contributed by atoms with van der Waals surface area (Å²) in [5.74, 6) is -3.47. The van der Waals surface area contributed by atoms with Crippen molar-refractivity contribution in [2.24, 2.45) is 0 Å². The molecule has 0 saturated carbocycles. The van der Waals surface area contributed by atoms with Crippen molar-refractivity contribution in [2.45, 2.75) is 20.0 Å². The average Bonchev–Trinajstić information content (AvgIpc) is 2.34. The Balaban J connectivity index is 2.71. The van der Waals surface area contributed by atoms with Crippen molar-refractivity contribution in [1.82, 2.24) is 0 Å². The number of halogens is 2. The molecule has 0 aromatic heterocycles. The van der Waals surface area contributed by atoms with E-state index in [9.17, 15) is 13.6 Å². The molecule has 1 N–H and O–H groups in total. The second-order valence-electron chi connectivity index (χ2n) is 4.25. The van der Waals surface area contributed by atoms with Gasteiger partial charge in [0.1, 0.15) is 6.61 Å². The van der Waals surface area contributed by atoms with E-state index >= 15 is 0 Å². The average molecular weight is 286 g/mol. The molecule has 0 aliphatic heterocycles. The highest BCUT2D eigenvalue weighted by atomic mass is 19.1. The predicted molar refractivity (Wildman–Crippen MR) is 69.6 cm³/mol. The van der Waals surface area contributed by atoms with Gasteiger partial charge >= 0.3 is 5.97 Å². The Bertz CT molecular complexity index is 475. The molecule has 0 aliphatic rings. The highest BCUT2D eigenvalue weighted by Crippen LogP contribution is 2.24. The number of hydrogen-bond donors (Lipinski definition) is 1. The molecule has 0 fully saturated rings. The number of ether oxygens (including phenoxy) is 2. The van der Waals surface area contributed by atoms with Gasteiger partial charge in [0, 0.05) is 6.08 Å². The third-order valence-electron chi connectivity index (χ3n) is 2.22. The fraction of sp³-hybridized carbons (Fsp3) is 0.357. The second-order valence-corrected chi connectivity index (χ2v) is 4.25. The number of carbonyl (C=O) groups is 1. The van der Waals surface area contributed by atoms with Crippen LogP contribution in [0.15, 0.2) is 18.2 Å². The topological polar surface area (TPSA) is 55.8 Å². The van der Waals surface area contributed by atoms with Crippen LogP contribution >= 0.6 is 0 Å². The van der Waals surface area contributed by atoms with E-state index in [1.165, 1.54) is 0 Å². The zero-order valence-electron chi connectivity index (χ0n) is 11.2. The van der Waals surface area contributed by atoms with E-state index < -0.39 is 23.4 Å². The monoisotopic (exact) mass is 286 g/mol. The van der Waals surface area contributed by atoms with Gasteiger partial charge in [0.15, 0.2) is 17.4 Å². The molecule has 110 valence electrons. The molecule has 0 heterocycles. The molecule has 4 nitrogen and oxygen atoms in total. The molecule has 1 aromatic carbocycles. The quantitative estimate of drug-likeness (QED) is 0.618. The van der Waals surface area contributed by atoms with Crippen LogP contribution in [0.3, 0.4) is 0 Å². The molecule has 0 radical (unpaired) electrons. The van der Waals surface area contributed by atoms with Gasteiger partial charge in [0.2, 0.25) is 0 Å². The summed E-state index contributed by atoms with van der Waals surface area (Å²) in [6.45, 7) is 3.92. The molecule has 0 spiro atoms. The maximum atomic E-state index is 13.6.